The zero-order valence-corrected chi connectivity index (χ0v) is 11.6. The van der Waals surface area contributed by atoms with Crippen molar-refractivity contribution in [3.63, 3.8) is 0 Å². The van der Waals surface area contributed by atoms with Gasteiger partial charge in [-0.2, -0.15) is 0 Å². The average Bonchev–Trinajstić information content (AvgIpc) is 3.02. The number of imidazole rings is 1. The van der Waals surface area contributed by atoms with Crippen LogP contribution < -0.4 is 5.32 Å². The molecule has 2 aromatic heterocycles. The van der Waals surface area contributed by atoms with Gasteiger partial charge in [0.1, 0.15) is 0 Å². The monoisotopic (exact) mass is 262 g/mol. The van der Waals surface area contributed by atoms with Gasteiger partial charge in [-0.25, -0.2) is 9.97 Å². The topological polar surface area (TPSA) is 42.7 Å². The number of hydrogen-bond donors (Lipinski definition) is 1. The van der Waals surface area contributed by atoms with Crippen molar-refractivity contribution in [1.82, 2.24) is 19.9 Å². The molecule has 4 nitrogen and oxygen atoms in total. The van der Waals surface area contributed by atoms with E-state index in [2.05, 4.69) is 32.2 Å². The molecule has 1 atom stereocenters. The first kappa shape index (κ1) is 11.9. The van der Waals surface area contributed by atoms with Crippen LogP contribution in [-0.2, 0) is 12.0 Å². The van der Waals surface area contributed by atoms with Crippen LogP contribution in [0.3, 0.4) is 0 Å². The number of hydrogen-bond acceptors (Lipinski definition) is 4. The van der Waals surface area contributed by atoms with E-state index in [9.17, 15) is 0 Å². The summed E-state index contributed by atoms with van der Waals surface area (Å²) in [5.41, 5.74) is 2.66. The first-order valence-electron chi connectivity index (χ1n) is 6.30. The third-order valence-electron chi connectivity index (χ3n) is 3.70. The molecule has 1 aliphatic heterocycles. The number of rotatable bonds is 3. The van der Waals surface area contributed by atoms with Gasteiger partial charge in [0.05, 0.1) is 23.6 Å². The molecule has 0 bridgehead atoms. The summed E-state index contributed by atoms with van der Waals surface area (Å²) in [7, 11) is 0. The van der Waals surface area contributed by atoms with Crippen LogP contribution in [0.25, 0.3) is 0 Å². The lowest BCUT2D eigenvalue weighted by molar-refractivity contribution is 0.480. The third-order valence-corrected chi connectivity index (χ3v) is 4.52. The molecule has 96 valence electrons. The van der Waals surface area contributed by atoms with E-state index in [1.54, 1.807) is 11.3 Å². The maximum atomic E-state index is 4.53. The minimum Gasteiger partial charge on any atom is -0.328 e. The summed E-state index contributed by atoms with van der Waals surface area (Å²) in [6.45, 7) is 7.32. The van der Waals surface area contributed by atoms with Crippen LogP contribution in [0.5, 0.6) is 0 Å². The van der Waals surface area contributed by atoms with Gasteiger partial charge in [0, 0.05) is 29.2 Å². The van der Waals surface area contributed by atoms with E-state index < -0.39 is 0 Å². The van der Waals surface area contributed by atoms with Crippen LogP contribution >= 0.6 is 11.3 Å². The first-order valence-corrected chi connectivity index (χ1v) is 7.18. The van der Waals surface area contributed by atoms with Crippen molar-refractivity contribution in [2.24, 2.45) is 0 Å². The Labute approximate surface area is 111 Å². The molecule has 0 amide bonds. The highest BCUT2D eigenvalue weighted by molar-refractivity contribution is 7.09. The van der Waals surface area contributed by atoms with Gasteiger partial charge in [-0.3, -0.25) is 0 Å². The predicted molar refractivity (Wildman–Crippen MR) is 73.0 cm³/mol. The zero-order valence-electron chi connectivity index (χ0n) is 10.8. The molecule has 0 radical (unpaired) electrons. The smallest absolute Gasteiger partial charge is 0.0952 e. The minimum absolute atomic E-state index is 0.210. The van der Waals surface area contributed by atoms with Crippen LogP contribution in [0.15, 0.2) is 17.9 Å². The van der Waals surface area contributed by atoms with Crippen molar-refractivity contribution >= 4 is 11.3 Å². The predicted octanol–water partition coefficient (Wildman–Crippen LogP) is 1.95. The number of nitrogens with zero attached hydrogens (tertiary/aromatic N) is 3. The molecule has 0 saturated carbocycles. The molecule has 18 heavy (non-hydrogen) atoms. The standard InChI is InChI=1S/C13H18N4S/c1-10-16-11(7-18-10)6-17-9-15-5-12(17)13(2)3-4-14-8-13/h5,7,9,14H,3-4,6,8H2,1-2H3. The van der Waals surface area contributed by atoms with Crippen molar-refractivity contribution in [2.45, 2.75) is 32.2 Å². The van der Waals surface area contributed by atoms with Gasteiger partial charge in [-0.05, 0) is 19.9 Å². The summed E-state index contributed by atoms with van der Waals surface area (Å²) in [6, 6.07) is 0. The molecule has 1 aliphatic rings. The molecule has 0 aliphatic carbocycles. The number of aryl methyl sites for hydroxylation is 1. The Hall–Kier alpha value is -1.20. The Bertz CT molecular complexity index is 537. The Morgan fingerprint density at radius 1 is 1.56 bits per heavy atom. The second-order valence-corrected chi connectivity index (χ2v) is 6.31. The number of thiazole rings is 1. The van der Waals surface area contributed by atoms with E-state index in [-0.39, 0.29) is 5.41 Å². The van der Waals surface area contributed by atoms with Crippen molar-refractivity contribution < 1.29 is 0 Å². The van der Waals surface area contributed by atoms with E-state index >= 15 is 0 Å². The van der Waals surface area contributed by atoms with Gasteiger partial charge in [-0.1, -0.05) is 6.92 Å². The van der Waals surface area contributed by atoms with Gasteiger partial charge in [0.15, 0.2) is 0 Å². The molecule has 1 N–H and O–H groups in total. The number of aromatic nitrogens is 3. The fourth-order valence-electron chi connectivity index (χ4n) is 2.64. The molecule has 2 aromatic rings. The van der Waals surface area contributed by atoms with E-state index in [0.29, 0.717) is 0 Å². The Morgan fingerprint density at radius 2 is 2.44 bits per heavy atom. The third kappa shape index (κ3) is 2.08. The van der Waals surface area contributed by atoms with Crippen LogP contribution in [0, 0.1) is 6.92 Å². The quantitative estimate of drug-likeness (QED) is 0.919. The van der Waals surface area contributed by atoms with Crippen molar-refractivity contribution in [2.75, 3.05) is 13.1 Å². The van der Waals surface area contributed by atoms with E-state index in [1.807, 2.05) is 19.4 Å². The largest absolute Gasteiger partial charge is 0.328 e. The zero-order chi connectivity index (χ0) is 12.6. The maximum Gasteiger partial charge on any atom is 0.0952 e. The SMILES string of the molecule is Cc1nc(Cn2cncc2C2(C)CCNC2)cs1. The highest BCUT2D eigenvalue weighted by Crippen LogP contribution is 2.30. The Balaban J connectivity index is 1.87. The highest BCUT2D eigenvalue weighted by Gasteiger charge is 2.33. The lowest BCUT2D eigenvalue weighted by Crippen LogP contribution is -2.28. The van der Waals surface area contributed by atoms with Crippen molar-refractivity contribution in [3.05, 3.63) is 34.3 Å². The van der Waals surface area contributed by atoms with Crippen LogP contribution in [-0.4, -0.2) is 27.6 Å². The molecule has 1 unspecified atom stereocenters. The van der Waals surface area contributed by atoms with Crippen molar-refractivity contribution in [1.29, 1.82) is 0 Å². The lowest BCUT2D eigenvalue weighted by Gasteiger charge is -2.24. The fourth-order valence-corrected chi connectivity index (χ4v) is 3.24. The molecule has 3 rings (SSSR count). The Kier molecular flexibility index (Phi) is 2.95. The summed E-state index contributed by atoms with van der Waals surface area (Å²) >= 11 is 1.71. The van der Waals surface area contributed by atoms with Gasteiger partial charge in [0.2, 0.25) is 0 Å². The van der Waals surface area contributed by atoms with E-state index in [4.69, 9.17) is 0 Å². The Morgan fingerprint density at radius 3 is 3.11 bits per heavy atom. The van der Waals surface area contributed by atoms with E-state index in [0.717, 1.165) is 30.3 Å². The molecule has 0 spiro atoms. The van der Waals surface area contributed by atoms with Gasteiger partial charge < -0.3 is 9.88 Å². The van der Waals surface area contributed by atoms with E-state index in [1.165, 1.54) is 12.1 Å². The molecule has 3 heterocycles. The molecule has 5 heteroatoms. The van der Waals surface area contributed by atoms with Gasteiger partial charge in [-0.15, -0.1) is 11.3 Å². The average molecular weight is 262 g/mol. The molecular formula is C13H18N4S. The molecule has 0 aromatic carbocycles. The van der Waals surface area contributed by atoms with Crippen LogP contribution in [0.1, 0.15) is 29.7 Å². The molecule has 1 fully saturated rings. The normalized spacial score (nSPS) is 23.7. The number of nitrogens with one attached hydrogen (secondary N) is 1. The van der Waals surface area contributed by atoms with Gasteiger partial charge in [0.25, 0.3) is 0 Å². The summed E-state index contributed by atoms with van der Waals surface area (Å²) in [5, 5.41) is 6.70. The van der Waals surface area contributed by atoms with Gasteiger partial charge >= 0.3 is 0 Å². The summed E-state index contributed by atoms with van der Waals surface area (Å²) in [5.74, 6) is 0. The first-order chi connectivity index (χ1) is 8.67. The second kappa shape index (κ2) is 4.48. The molecule has 1 saturated heterocycles. The lowest BCUT2D eigenvalue weighted by atomic mass is 9.86. The fraction of sp³-hybridized carbons (Fsp3) is 0.538. The summed E-state index contributed by atoms with van der Waals surface area (Å²) < 4.78 is 2.24. The second-order valence-electron chi connectivity index (χ2n) is 5.25. The summed E-state index contributed by atoms with van der Waals surface area (Å²) in [4.78, 5) is 8.86. The van der Waals surface area contributed by atoms with Crippen LogP contribution in [0.4, 0.5) is 0 Å². The maximum absolute atomic E-state index is 4.53. The minimum atomic E-state index is 0.210. The van der Waals surface area contributed by atoms with Crippen molar-refractivity contribution in [3.8, 4) is 0 Å². The molecular weight excluding hydrogens is 244 g/mol. The highest BCUT2D eigenvalue weighted by atomic mass is 32.1. The summed E-state index contributed by atoms with van der Waals surface area (Å²) in [6.07, 6.45) is 5.11. The van der Waals surface area contributed by atoms with Crippen LogP contribution in [0.2, 0.25) is 0 Å².